The molecule has 0 amide bonds. The van der Waals surface area contributed by atoms with Gasteiger partial charge < -0.3 is 10.8 Å². The van der Waals surface area contributed by atoms with E-state index in [2.05, 4.69) is 21.7 Å². The molecule has 0 aromatic carbocycles. The summed E-state index contributed by atoms with van der Waals surface area (Å²) in [6, 6.07) is 2.09. The van der Waals surface area contributed by atoms with Crippen molar-refractivity contribution >= 4 is 11.3 Å². The molecule has 1 unspecified atom stereocenters. The first-order chi connectivity index (χ1) is 6.22. The molecule has 0 fully saturated rings. The molecule has 1 heterocycles. The number of nitrogens with two attached hydrogens (primary N) is 1. The molecule has 1 rings (SSSR count). The van der Waals surface area contributed by atoms with Gasteiger partial charge in [-0.25, -0.2) is 0 Å². The third-order valence-corrected chi connectivity index (χ3v) is 2.56. The molecule has 0 spiro atoms. The van der Waals surface area contributed by atoms with Crippen molar-refractivity contribution in [3.05, 3.63) is 22.4 Å². The number of aliphatic hydroxyl groups is 1. The van der Waals surface area contributed by atoms with E-state index in [0.717, 1.165) is 6.54 Å². The number of nitrogens with zero attached hydrogens (tertiary/aromatic N) is 1. The zero-order valence-electron chi connectivity index (χ0n) is 7.81. The van der Waals surface area contributed by atoms with Crippen molar-refractivity contribution < 1.29 is 5.11 Å². The third kappa shape index (κ3) is 3.87. The molecule has 0 aliphatic heterocycles. The molecule has 3 N–H and O–H groups in total. The van der Waals surface area contributed by atoms with Crippen LogP contribution in [0.25, 0.3) is 0 Å². The fourth-order valence-electron chi connectivity index (χ4n) is 1.19. The Hall–Kier alpha value is -0.420. The largest absolute Gasteiger partial charge is 0.390 e. The van der Waals surface area contributed by atoms with E-state index in [9.17, 15) is 5.11 Å². The molecule has 3 nitrogen and oxygen atoms in total. The maximum Gasteiger partial charge on any atom is 0.0789 e. The number of hydrogen-bond donors (Lipinski definition) is 2. The van der Waals surface area contributed by atoms with Gasteiger partial charge in [0.05, 0.1) is 6.10 Å². The maximum atomic E-state index is 9.29. The monoisotopic (exact) mass is 200 g/mol. The fraction of sp³-hybridized carbons (Fsp3) is 0.556. The summed E-state index contributed by atoms with van der Waals surface area (Å²) in [5.41, 5.74) is 6.61. The van der Waals surface area contributed by atoms with E-state index in [1.165, 1.54) is 5.56 Å². The molecule has 0 aliphatic rings. The van der Waals surface area contributed by atoms with Gasteiger partial charge in [-0.05, 0) is 29.4 Å². The Morgan fingerprint density at radius 3 is 3.00 bits per heavy atom. The number of likely N-dealkylation sites (N-methyl/N-ethyl adjacent to an activating group) is 1. The Morgan fingerprint density at radius 1 is 1.69 bits per heavy atom. The van der Waals surface area contributed by atoms with Crippen LogP contribution in [-0.2, 0) is 6.54 Å². The van der Waals surface area contributed by atoms with E-state index >= 15 is 0 Å². The van der Waals surface area contributed by atoms with Crippen LogP contribution in [-0.4, -0.2) is 36.2 Å². The van der Waals surface area contributed by atoms with Crippen molar-refractivity contribution in [2.24, 2.45) is 5.73 Å². The first-order valence-electron chi connectivity index (χ1n) is 4.30. The van der Waals surface area contributed by atoms with Gasteiger partial charge in [-0.1, -0.05) is 0 Å². The van der Waals surface area contributed by atoms with Crippen LogP contribution in [0, 0.1) is 0 Å². The number of aliphatic hydroxyl groups excluding tert-OH is 1. The molecule has 1 aromatic rings. The van der Waals surface area contributed by atoms with Gasteiger partial charge in [0, 0.05) is 19.6 Å². The van der Waals surface area contributed by atoms with Gasteiger partial charge in [0.15, 0.2) is 0 Å². The van der Waals surface area contributed by atoms with Crippen LogP contribution in [0.1, 0.15) is 5.56 Å². The number of rotatable bonds is 5. The molecule has 4 heteroatoms. The molecule has 13 heavy (non-hydrogen) atoms. The van der Waals surface area contributed by atoms with Crippen LogP contribution in [0.15, 0.2) is 16.8 Å². The Balaban J connectivity index is 2.29. The quantitative estimate of drug-likeness (QED) is 0.727. The summed E-state index contributed by atoms with van der Waals surface area (Å²) in [5.74, 6) is 0. The molecule has 0 radical (unpaired) electrons. The van der Waals surface area contributed by atoms with Crippen LogP contribution in [0.3, 0.4) is 0 Å². The zero-order chi connectivity index (χ0) is 9.68. The summed E-state index contributed by atoms with van der Waals surface area (Å²) in [7, 11) is 1.98. The second-order valence-electron chi connectivity index (χ2n) is 3.22. The SMILES string of the molecule is CN(Cc1ccsc1)CC(O)CN. The second-order valence-corrected chi connectivity index (χ2v) is 4.00. The van der Waals surface area contributed by atoms with Gasteiger partial charge in [-0.15, -0.1) is 0 Å². The summed E-state index contributed by atoms with van der Waals surface area (Å²) in [6.45, 7) is 1.83. The lowest BCUT2D eigenvalue weighted by Gasteiger charge is -2.18. The molecule has 0 saturated heterocycles. The van der Waals surface area contributed by atoms with Crippen LogP contribution in [0.4, 0.5) is 0 Å². The highest BCUT2D eigenvalue weighted by Gasteiger charge is 2.06. The summed E-state index contributed by atoms with van der Waals surface area (Å²) in [5, 5.41) is 13.5. The van der Waals surface area contributed by atoms with Crippen molar-refractivity contribution in [3.63, 3.8) is 0 Å². The van der Waals surface area contributed by atoms with Crippen molar-refractivity contribution in [1.29, 1.82) is 0 Å². The minimum atomic E-state index is -0.413. The van der Waals surface area contributed by atoms with E-state index in [1.807, 2.05) is 7.05 Å². The highest BCUT2D eigenvalue weighted by Crippen LogP contribution is 2.08. The van der Waals surface area contributed by atoms with Crippen LogP contribution in [0.2, 0.25) is 0 Å². The average Bonchev–Trinajstić information content (AvgIpc) is 2.56. The first-order valence-corrected chi connectivity index (χ1v) is 5.24. The normalized spacial score (nSPS) is 13.5. The fourth-order valence-corrected chi connectivity index (χ4v) is 1.85. The Labute approximate surface area is 82.8 Å². The van der Waals surface area contributed by atoms with Crippen molar-refractivity contribution in [2.75, 3.05) is 20.1 Å². The molecular formula is C9H16N2OS. The average molecular weight is 200 g/mol. The minimum Gasteiger partial charge on any atom is -0.390 e. The van der Waals surface area contributed by atoms with Crippen LogP contribution < -0.4 is 5.73 Å². The minimum absolute atomic E-state index is 0.327. The van der Waals surface area contributed by atoms with Gasteiger partial charge in [0.1, 0.15) is 0 Å². The Morgan fingerprint density at radius 2 is 2.46 bits per heavy atom. The van der Waals surface area contributed by atoms with Crippen molar-refractivity contribution in [2.45, 2.75) is 12.6 Å². The zero-order valence-corrected chi connectivity index (χ0v) is 8.63. The van der Waals surface area contributed by atoms with Gasteiger partial charge >= 0.3 is 0 Å². The smallest absolute Gasteiger partial charge is 0.0789 e. The van der Waals surface area contributed by atoms with E-state index in [1.54, 1.807) is 11.3 Å². The van der Waals surface area contributed by atoms with Gasteiger partial charge in [0.2, 0.25) is 0 Å². The molecule has 74 valence electrons. The van der Waals surface area contributed by atoms with E-state index < -0.39 is 6.10 Å². The van der Waals surface area contributed by atoms with Crippen molar-refractivity contribution in [1.82, 2.24) is 4.90 Å². The molecule has 1 aromatic heterocycles. The Kier molecular flexibility index (Phi) is 4.38. The van der Waals surface area contributed by atoms with E-state index in [4.69, 9.17) is 5.73 Å². The van der Waals surface area contributed by atoms with Gasteiger partial charge in [0.25, 0.3) is 0 Å². The van der Waals surface area contributed by atoms with E-state index in [0.29, 0.717) is 13.1 Å². The predicted octanol–water partition coefficient (Wildman–Crippen LogP) is 0.500. The lowest BCUT2D eigenvalue weighted by molar-refractivity contribution is 0.129. The highest BCUT2D eigenvalue weighted by atomic mass is 32.1. The molecule has 0 aliphatic carbocycles. The topological polar surface area (TPSA) is 49.5 Å². The van der Waals surface area contributed by atoms with Gasteiger partial charge in [-0.3, -0.25) is 4.90 Å². The summed E-state index contributed by atoms with van der Waals surface area (Å²) in [6.07, 6.45) is -0.413. The lowest BCUT2D eigenvalue weighted by Crippen LogP contribution is -2.33. The first kappa shape index (κ1) is 10.7. The summed E-state index contributed by atoms with van der Waals surface area (Å²) < 4.78 is 0. The second kappa shape index (κ2) is 5.34. The third-order valence-electron chi connectivity index (χ3n) is 1.83. The van der Waals surface area contributed by atoms with E-state index in [-0.39, 0.29) is 0 Å². The molecule has 0 bridgehead atoms. The molecular weight excluding hydrogens is 184 g/mol. The standard InChI is InChI=1S/C9H16N2OS/c1-11(6-9(12)4-10)5-8-2-3-13-7-8/h2-3,7,9,12H,4-6,10H2,1H3. The van der Waals surface area contributed by atoms with Crippen LogP contribution >= 0.6 is 11.3 Å². The molecule has 1 atom stereocenters. The Bertz CT molecular complexity index is 226. The lowest BCUT2D eigenvalue weighted by atomic mass is 10.3. The number of thiophene rings is 1. The number of hydrogen-bond acceptors (Lipinski definition) is 4. The summed E-state index contributed by atoms with van der Waals surface area (Å²) >= 11 is 1.69. The predicted molar refractivity (Wildman–Crippen MR) is 55.7 cm³/mol. The van der Waals surface area contributed by atoms with Crippen molar-refractivity contribution in [3.8, 4) is 0 Å². The summed E-state index contributed by atoms with van der Waals surface area (Å²) in [4.78, 5) is 2.07. The highest BCUT2D eigenvalue weighted by molar-refractivity contribution is 7.07. The molecule has 0 saturated carbocycles. The van der Waals surface area contributed by atoms with Gasteiger partial charge in [-0.2, -0.15) is 11.3 Å². The maximum absolute atomic E-state index is 9.29. The van der Waals surface area contributed by atoms with Crippen LogP contribution in [0.5, 0.6) is 0 Å².